The first-order chi connectivity index (χ1) is 6.40. The summed E-state index contributed by atoms with van der Waals surface area (Å²) >= 11 is 0. The zero-order valence-corrected chi connectivity index (χ0v) is 7.57. The average molecular weight is 178 g/mol. The molecule has 1 unspecified atom stereocenters. The molecule has 1 aliphatic heterocycles. The van der Waals surface area contributed by atoms with Crippen LogP contribution in [0.1, 0.15) is 23.6 Å². The van der Waals surface area contributed by atoms with Crippen LogP contribution in [0.4, 0.5) is 0 Å². The molecule has 2 rings (SSSR count). The van der Waals surface area contributed by atoms with Crippen LogP contribution in [0, 0.1) is 0 Å². The number of ether oxygens (including phenoxy) is 1. The quantitative estimate of drug-likeness (QED) is 0.736. The Balaban J connectivity index is 2.12. The normalized spacial score (nSPS) is 22.1. The van der Waals surface area contributed by atoms with Crippen molar-refractivity contribution in [3.8, 4) is 0 Å². The Bertz CT molecular complexity index is 265. The Morgan fingerprint density at radius 1 is 1.54 bits per heavy atom. The lowest BCUT2D eigenvalue weighted by atomic mass is 10.0. The summed E-state index contributed by atoms with van der Waals surface area (Å²) in [4.78, 5) is 4.37. The second kappa shape index (κ2) is 3.85. The number of nitrogens with two attached hydrogens (primary N) is 1. The van der Waals surface area contributed by atoms with Gasteiger partial charge in [-0.3, -0.25) is 4.98 Å². The Kier molecular flexibility index (Phi) is 2.57. The number of rotatable bonds is 2. The fraction of sp³-hybridized carbons (Fsp3) is 0.500. The van der Waals surface area contributed by atoms with Crippen molar-refractivity contribution >= 4 is 0 Å². The van der Waals surface area contributed by atoms with Gasteiger partial charge in [-0.15, -0.1) is 0 Å². The largest absolute Gasteiger partial charge is 0.381 e. The van der Waals surface area contributed by atoms with Crippen LogP contribution in [0.25, 0.3) is 0 Å². The van der Waals surface area contributed by atoms with E-state index in [0.29, 0.717) is 12.5 Å². The lowest BCUT2D eigenvalue weighted by Gasteiger charge is -2.06. The summed E-state index contributed by atoms with van der Waals surface area (Å²) in [5, 5.41) is 0. The van der Waals surface area contributed by atoms with Crippen molar-refractivity contribution in [3.63, 3.8) is 0 Å². The molecule has 3 heteroatoms. The van der Waals surface area contributed by atoms with Crippen LogP contribution in [0.15, 0.2) is 18.3 Å². The van der Waals surface area contributed by atoms with Crippen molar-refractivity contribution in [3.05, 3.63) is 29.6 Å². The van der Waals surface area contributed by atoms with E-state index in [9.17, 15) is 0 Å². The summed E-state index contributed by atoms with van der Waals surface area (Å²) < 4.78 is 5.30. The number of nitrogens with zero attached hydrogens (tertiary/aromatic N) is 1. The third-order valence-corrected chi connectivity index (χ3v) is 2.43. The van der Waals surface area contributed by atoms with Gasteiger partial charge in [-0.05, 0) is 18.1 Å². The Hall–Kier alpha value is -0.930. The van der Waals surface area contributed by atoms with Gasteiger partial charge < -0.3 is 10.5 Å². The number of hydrogen-bond acceptors (Lipinski definition) is 3. The highest BCUT2D eigenvalue weighted by atomic mass is 16.5. The molecule has 1 saturated heterocycles. The third-order valence-electron chi connectivity index (χ3n) is 2.43. The highest BCUT2D eigenvalue weighted by Crippen LogP contribution is 2.23. The standard InChI is InChI=1S/C10H14N2O/c11-5-8-1-2-10(12-6-8)9-3-4-13-7-9/h1-2,6,9H,3-5,7,11H2. The van der Waals surface area contributed by atoms with E-state index >= 15 is 0 Å². The molecule has 2 N–H and O–H groups in total. The van der Waals surface area contributed by atoms with Crippen LogP contribution in [0.3, 0.4) is 0 Å². The molecule has 1 aromatic heterocycles. The molecule has 3 nitrogen and oxygen atoms in total. The fourth-order valence-corrected chi connectivity index (χ4v) is 1.57. The summed E-state index contributed by atoms with van der Waals surface area (Å²) in [5.41, 5.74) is 7.71. The maximum Gasteiger partial charge on any atom is 0.0550 e. The molecule has 0 saturated carbocycles. The summed E-state index contributed by atoms with van der Waals surface area (Å²) in [6.45, 7) is 2.24. The molecule has 0 radical (unpaired) electrons. The molecular formula is C10H14N2O. The van der Waals surface area contributed by atoms with Gasteiger partial charge in [0.05, 0.1) is 6.61 Å². The monoisotopic (exact) mass is 178 g/mol. The average Bonchev–Trinajstić information content (AvgIpc) is 2.71. The topological polar surface area (TPSA) is 48.1 Å². The van der Waals surface area contributed by atoms with E-state index < -0.39 is 0 Å². The summed E-state index contributed by atoms with van der Waals surface area (Å²) in [5.74, 6) is 0.492. The van der Waals surface area contributed by atoms with Gasteiger partial charge in [0.1, 0.15) is 0 Å². The molecule has 1 atom stereocenters. The second-order valence-corrected chi connectivity index (χ2v) is 3.36. The third kappa shape index (κ3) is 1.87. The van der Waals surface area contributed by atoms with Gasteiger partial charge in [-0.1, -0.05) is 6.07 Å². The van der Waals surface area contributed by atoms with E-state index in [1.807, 2.05) is 12.3 Å². The summed E-state index contributed by atoms with van der Waals surface area (Å²) in [6, 6.07) is 4.10. The second-order valence-electron chi connectivity index (χ2n) is 3.36. The lowest BCUT2D eigenvalue weighted by Crippen LogP contribution is -2.02. The van der Waals surface area contributed by atoms with Crippen molar-refractivity contribution < 1.29 is 4.74 Å². The molecule has 0 aromatic carbocycles. The molecular weight excluding hydrogens is 164 g/mol. The Labute approximate surface area is 77.9 Å². The van der Waals surface area contributed by atoms with E-state index in [2.05, 4.69) is 11.1 Å². The van der Waals surface area contributed by atoms with E-state index in [4.69, 9.17) is 10.5 Å². The number of hydrogen-bond donors (Lipinski definition) is 1. The van der Waals surface area contributed by atoms with Crippen molar-refractivity contribution in [2.45, 2.75) is 18.9 Å². The van der Waals surface area contributed by atoms with E-state index in [1.54, 1.807) is 0 Å². The number of pyridine rings is 1. The summed E-state index contributed by atoms with van der Waals surface area (Å²) in [6.07, 6.45) is 2.95. The molecule has 1 fully saturated rings. The minimum Gasteiger partial charge on any atom is -0.381 e. The first-order valence-corrected chi connectivity index (χ1v) is 4.63. The first kappa shape index (κ1) is 8.66. The van der Waals surface area contributed by atoms with Gasteiger partial charge in [0.15, 0.2) is 0 Å². The van der Waals surface area contributed by atoms with Crippen molar-refractivity contribution in [1.29, 1.82) is 0 Å². The lowest BCUT2D eigenvalue weighted by molar-refractivity contribution is 0.193. The van der Waals surface area contributed by atoms with Crippen LogP contribution < -0.4 is 5.73 Å². The molecule has 13 heavy (non-hydrogen) atoms. The minimum absolute atomic E-state index is 0.492. The molecule has 70 valence electrons. The fourth-order valence-electron chi connectivity index (χ4n) is 1.57. The maximum atomic E-state index is 5.49. The van der Waals surface area contributed by atoms with Crippen molar-refractivity contribution in [2.24, 2.45) is 5.73 Å². The van der Waals surface area contributed by atoms with Crippen molar-refractivity contribution in [1.82, 2.24) is 4.98 Å². The minimum atomic E-state index is 0.492. The van der Waals surface area contributed by atoms with Gasteiger partial charge in [-0.25, -0.2) is 0 Å². The smallest absolute Gasteiger partial charge is 0.0550 e. The van der Waals surface area contributed by atoms with Gasteiger partial charge in [0.25, 0.3) is 0 Å². The molecule has 1 aromatic rings. The maximum absolute atomic E-state index is 5.49. The van der Waals surface area contributed by atoms with Gasteiger partial charge in [-0.2, -0.15) is 0 Å². The molecule has 2 heterocycles. The predicted octanol–water partition coefficient (Wildman–Crippen LogP) is 1.04. The molecule has 0 bridgehead atoms. The van der Waals surface area contributed by atoms with Crippen LogP contribution in [0.2, 0.25) is 0 Å². The zero-order valence-electron chi connectivity index (χ0n) is 7.57. The molecule has 0 spiro atoms. The van der Waals surface area contributed by atoms with E-state index in [1.165, 1.54) is 0 Å². The van der Waals surface area contributed by atoms with E-state index in [0.717, 1.165) is 30.9 Å². The van der Waals surface area contributed by atoms with Crippen LogP contribution in [0.5, 0.6) is 0 Å². The number of aromatic nitrogens is 1. The van der Waals surface area contributed by atoms with Gasteiger partial charge >= 0.3 is 0 Å². The first-order valence-electron chi connectivity index (χ1n) is 4.63. The van der Waals surface area contributed by atoms with Gasteiger partial charge in [0, 0.05) is 31.0 Å². The molecule has 0 aliphatic carbocycles. The zero-order chi connectivity index (χ0) is 9.10. The molecule has 0 amide bonds. The predicted molar refractivity (Wildman–Crippen MR) is 50.3 cm³/mol. The van der Waals surface area contributed by atoms with Crippen LogP contribution >= 0.6 is 0 Å². The Morgan fingerprint density at radius 3 is 3.00 bits per heavy atom. The van der Waals surface area contributed by atoms with Crippen LogP contribution in [-0.4, -0.2) is 18.2 Å². The highest BCUT2D eigenvalue weighted by molar-refractivity contribution is 5.17. The summed E-state index contributed by atoms with van der Waals surface area (Å²) in [7, 11) is 0. The van der Waals surface area contributed by atoms with Crippen LogP contribution in [-0.2, 0) is 11.3 Å². The molecule has 1 aliphatic rings. The highest BCUT2D eigenvalue weighted by Gasteiger charge is 2.18. The van der Waals surface area contributed by atoms with E-state index in [-0.39, 0.29) is 0 Å². The van der Waals surface area contributed by atoms with Crippen molar-refractivity contribution in [2.75, 3.05) is 13.2 Å². The SMILES string of the molecule is NCc1ccc(C2CCOC2)nc1. The van der Waals surface area contributed by atoms with Gasteiger partial charge in [0.2, 0.25) is 0 Å². The Morgan fingerprint density at radius 2 is 2.46 bits per heavy atom.